The Hall–Kier alpha value is -2.18. The summed E-state index contributed by atoms with van der Waals surface area (Å²) in [4.78, 5) is 12.7. The van der Waals surface area contributed by atoms with Crippen molar-refractivity contribution in [3.8, 4) is 5.82 Å². The summed E-state index contributed by atoms with van der Waals surface area (Å²) in [6.07, 6.45) is 3.49. The molecular weight excluding hydrogens is 232 g/mol. The smallest absolute Gasteiger partial charge is 0.210 e. The third-order valence-electron chi connectivity index (χ3n) is 3.35. The molecule has 2 aromatic rings. The Bertz CT molecular complexity index is 586. The summed E-state index contributed by atoms with van der Waals surface area (Å²) >= 11 is 0. The van der Waals surface area contributed by atoms with Gasteiger partial charge in [0.25, 0.3) is 0 Å². The molecule has 0 aliphatic carbocycles. The van der Waals surface area contributed by atoms with Gasteiger partial charge in [-0.25, -0.2) is 0 Å². The zero-order chi connectivity index (χ0) is 12.7. The predicted molar refractivity (Wildman–Crippen MR) is 63.0 cm³/mol. The van der Waals surface area contributed by atoms with Crippen molar-refractivity contribution in [3.05, 3.63) is 23.7 Å². The maximum Gasteiger partial charge on any atom is 0.210 e. The van der Waals surface area contributed by atoms with Crippen LogP contribution in [0.25, 0.3) is 5.82 Å². The van der Waals surface area contributed by atoms with E-state index in [2.05, 4.69) is 15.4 Å². The van der Waals surface area contributed by atoms with Gasteiger partial charge >= 0.3 is 0 Å². The van der Waals surface area contributed by atoms with Gasteiger partial charge < -0.3 is 4.90 Å². The molecule has 3 rings (SSSR count). The van der Waals surface area contributed by atoms with E-state index in [0.29, 0.717) is 6.54 Å². The van der Waals surface area contributed by atoms with Crippen molar-refractivity contribution < 1.29 is 4.79 Å². The molecule has 0 saturated heterocycles. The average Bonchev–Trinajstić information content (AvgIpc) is 2.96. The first-order valence-electron chi connectivity index (χ1n) is 5.86. The summed E-state index contributed by atoms with van der Waals surface area (Å²) in [6.45, 7) is 2.65. The number of fused-ring (bicyclic) bond motifs is 1. The minimum absolute atomic E-state index is 0.0243. The molecule has 7 heteroatoms. The molecule has 1 atom stereocenters. The molecule has 18 heavy (non-hydrogen) atoms. The van der Waals surface area contributed by atoms with Crippen LogP contribution in [0.2, 0.25) is 0 Å². The number of aromatic nitrogens is 5. The summed E-state index contributed by atoms with van der Waals surface area (Å²) in [5.41, 5.74) is 1.90. The molecule has 0 fully saturated rings. The first kappa shape index (κ1) is 10.9. The van der Waals surface area contributed by atoms with Crippen LogP contribution in [0.5, 0.6) is 0 Å². The molecular formula is C11H14N6O. The van der Waals surface area contributed by atoms with Crippen molar-refractivity contribution in [2.75, 3.05) is 6.54 Å². The molecule has 0 radical (unpaired) electrons. The molecule has 1 aliphatic rings. The van der Waals surface area contributed by atoms with Gasteiger partial charge in [0.1, 0.15) is 5.69 Å². The molecule has 94 valence electrons. The van der Waals surface area contributed by atoms with E-state index < -0.39 is 0 Å². The lowest BCUT2D eigenvalue weighted by molar-refractivity contribution is -0.120. The summed E-state index contributed by atoms with van der Waals surface area (Å²) < 4.78 is 3.49. The number of nitrogens with zero attached hydrogens (tertiary/aromatic N) is 6. The number of rotatable bonds is 2. The predicted octanol–water partition coefficient (Wildman–Crippen LogP) is 0.0763. The Morgan fingerprint density at radius 1 is 1.50 bits per heavy atom. The maximum atomic E-state index is 10.9. The molecule has 0 N–H and O–H groups in total. The van der Waals surface area contributed by atoms with Gasteiger partial charge in [-0.2, -0.15) is 9.78 Å². The minimum Gasteiger partial charge on any atom is -0.336 e. The van der Waals surface area contributed by atoms with Crippen LogP contribution in [0.4, 0.5) is 0 Å². The number of hydrogen-bond acceptors (Lipinski definition) is 4. The van der Waals surface area contributed by atoms with E-state index in [-0.39, 0.29) is 6.04 Å². The van der Waals surface area contributed by atoms with E-state index >= 15 is 0 Å². The van der Waals surface area contributed by atoms with Gasteiger partial charge in [0.05, 0.1) is 11.7 Å². The fourth-order valence-electron chi connectivity index (χ4n) is 2.30. The maximum absolute atomic E-state index is 10.9. The van der Waals surface area contributed by atoms with E-state index in [9.17, 15) is 4.79 Å². The summed E-state index contributed by atoms with van der Waals surface area (Å²) in [5, 5.41) is 12.7. The van der Waals surface area contributed by atoms with Crippen LogP contribution in [0.1, 0.15) is 24.4 Å². The van der Waals surface area contributed by atoms with E-state index in [1.807, 2.05) is 26.2 Å². The van der Waals surface area contributed by atoms with Crippen LogP contribution in [-0.2, 0) is 18.3 Å². The molecule has 7 nitrogen and oxygen atoms in total. The molecule has 1 amide bonds. The van der Waals surface area contributed by atoms with E-state index in [1.165, 1.54) is 0 Å². The van der Waals surface area contributed by atoms with E-state index in [0.717, 1.165) is 30.0 Å². The fraction of sp³-hybridized carbons (Fsp3) is 0.455. The van der Waals surface area contributed by atoms with Crippen molar-refractivity contribution in [2.24, 2.45) is 7.05 Å². The van der Waals surface area contributed by atoms with Crippen LogP contribution in [-0.4, -0.2) is 42.6 Å². The Balaban J connectivity index is 2.04. The molecule has 0 bridgehead atoms. The summed E-state index contributed by atoms with van der Waals surface area (Å²) in [5.74, 6) is 0.762. The van der Waals surface area contributed by atoms with Crippen molar-refractivity contribution in [2.45, 2.75) is 19.4 Å². The lowest BCUT2D eigenvalue weighted by Gasteiger charge is -2.28. The van der Waals surface area contributed by atoms with Crippen molar-refractivity contribution in [3.63, 3.8) is 0 Å². The number of hydrogen-bond donors (Lipinski definition) is 0. The lowest BCUT2D eigenvalue weighted by Crippen LogP contribution is -2.33. The normalized spacial score (nSPS) is 18.8. The second-order valence-electron chi connectivity index (χ2n) is 4.45. The highest BCUT2D eigenvalue weighted by molar-refractivity contribution is 5.49. The monoisotopic (exact) mass is 246 g/mol. The lowest BCUT2D eigenvalue weighted by atomic mass is 10.1. The molecule has 0 saturated carbocycles. The molecule has 1 unspecified atom stereocenters. The SMILES string of the molecule is CC1c2nnn(-c3ccn(C)n3)c2CCN1C=O. The number of carbonyl (C=O) groups excluding carboxylic acids is 1. The Morgan fingerprint density at radius 2 is 2.33 bits per heavy atom. The second kappa shape index (κ2) is 3.94. The molecule has 0 aromatic carbocycles. The van der Waals surface area contributed by atoms with Gasteiger partial charge in [-0.15, -0.1) is 5.10 Å². The fourth-order valence-corrected chi connectivity index (χ4v) is 2.30. The Kier molecular flexibility index (Phi) is 2.39. The van der Waals surface area contributed by atoms with Crippen LogP contribution in [0.15, 0.2) is 12.3 Å². The summed E-state index contributed by atoms with van der Waals surface area (Å²) in [6, 6.07) is 1.87. The van der Waals surface area contributed by atoms with Crippen LogP contribution in [0, 0.1) is 0 Å². The number of aryl methyl sites for hydroxylation is 1. The van der Waals surface area contributed by atoms with Crippen LogP contribution < -0.4 is 0 Å². The van der Waals surface area contributed by atoms with Gasteiger partial charge in [0, 0.05) is 32.3 Å². The first-order valence-corrected chi connectivity index (χ1v) is 5.86. The zero-order valence-corrected chi connectivity index (χ0v) is 10.3. The van der Waals surface area contributed by atoms with Gasteiger partial charge in [-0.05, 0) is 6.92 Å². The number of amides is 1. The van der Waals surface area contributed by atoms with Crippen molar-refractivity contribution >= 4 is 6.41 Å². The summed E-state index contributed by atoms with van der Waals surface area (Å²) in [7, 11) is 1.86. The Morgan fingerprint density at radius 3 is 3.00 bits per heavy atom. The minimum atomic E-state index is -0.0243. The third kappa shape index (κ3) is 1.51. The highest BCUT2D eigenvalue weighted by Crippen LogP contribution is 2.27. The highest BCUT2D eigenvalue weighted by Gasteiger charge is 2.28. The van der Waals surface area contributed by atoms with Crippen LogP contribution >= 0.6 is 0 Å². The molecule has 1 aliphatic heterocycles. The number of carbonyl (C=O) groups is 1. The van der Waals surface area contributed by atoms with Gasteiger partial charge in [-0.1, -0.05) is 5.21 Å². The third-order valence-corrected chi connectivity index (χ3v) is 3.35. The molecule has 2 aromatic heterocycles. The van der Waals surface area contributed by atoms with Crippen LogP contribution in [0.3, 0.4) is 0 Å². The standard InChI is InChI=1S/C11H14N6O/c1-8-11-9(3-6-16(8)7-18)17(14-12-11)10-4-5-15(2)13-10/h4-5,7-8H,3,6H2,1-2H3. The Labute approximate surface area is 104 Å². The van der Waals surface area contributed by atoms with Gasteiger partial charge in [0.2, 0.25) is 6.41 Å². The zero-order valence-electron chi connectivity index (χ0n) is 10.3. The molecule has 0 spiro atoms. The quantitative estimate of drug-likeness (QED) is 0.703. The topological polar surface area (TPSA) is 68.8 Å². The second-order valence-corrected chi connectivity index (χ2v) is 4.45. The van der Waals surface area contributed by atoms with Gasteiger partial charge in [-0.3, -0.25) is 9.48 Å². The average molecular weight is 246 g/mol. The molecule has 3 heterocycles. The largest absolute Gasteiger partial charge is 0.336 e. The van der Waals surface area contributed by atoms with Crippen molar-refractivity contribution in [1.82, 2.24) is 29.7 Å². The van der Waals surface area contributed by atoms with E-state index in [1.54, 1.807) is 14.3 Å². The van der Waals surface area contributed by atoms with Crippen molar-refractivity contribution in [1.29, 1.82) is 0 Å². The van der Waals surface area contributed by atoms with E-state index in [4.69, 9.17) is 0 Å². The highest BCUT2D eigenvalue weighted by atomic mass is 16.1. The first-order chi connectivity index (χ1) is 8.70. The van der Waals surface area contributed by atoms with Gasteiger partial charge in [0.15, 0.2) is 5.82 Å².